The summed E-state index contributed by atoms with van der Waals surface area (Å²) in [5, 5.41) is 6.72. The lowest BCUT2D eigenvalue weighted by Gasteiger charge is -2.34. The van der Waals surface area contributed by atoms with Gasteiger partial charge in [0.15, 0.2) is 5.13 Å². The number of aromatic nitrogens is 1. The summed E-state index contributed by atoms with van der Waals surface area (Å²) in [7, 11) is 0. The number of para-hydroxylation sites is 1. The third kappa shape index (κ3) is 5.46. The Bertz CT molecular complexity index is 1040. The average Bonchev–Trinajstić information content (AvgIpc) is 3.46. The van der Waals surface area contributed by atoms with Crippen molar-refractivity contribution in [2.75, 3.05) is 31.1 Å². The van der Waals surface area contributed by atoms with Crippen LogP contribution in [0.2, 0.25) is 0 Å². The van der Waals surface area contributed by atoms with E-state index in [1.807, 2.05) is 40.6 Å². The van der Waals surface area contributed by atoms with Crippen molar-refractivity contribution in [3.63, 3.8) is 0 Å². The Balaban J connectivity index is 1.34. The van der Waals surface area contributed by atoms with E-state index in [1.54, 1.807) is 28.4 Å². The molecule has 31 heavy (non-hydrogen) atoms. The van der Waals surface area contributed by atoms with Crippen molar-refractivity contribution in [3.05, 3.63) is 69.9 Å². The van der Waals surface area contributed by atoms with Gasteiger partial charge in [0.1, 0.15) is 0 Å². The van der Waals surface area contributed by atoms with Crippen molar-refractivity contribution in [1.29, 1.82) is 0 Å². The van der Waals surface area contributed by atoms with Gasteiger partial charge in [-0.05, 0) is 40.6 Å². The van der Waals surface area contributed by atoms with Crippen LogP contribution in [0, 0.1) is 0 Å². The lowest BCUT2D eigenvalue weighted by molar-refractivity contribution is -0.127. The van der Waals surface area contributed by atoms with Crippen LogP contribution in [0.4, 0.5) is 10.8 Å². The molecule has 2 amide bonds. The molecule has 0 saturated carbocycles. The zero-order valence-electron chi connectivity index (χ0n) is 17.3. The average molecular weight is 453 g/mol. The first-order chi connectivity index (χ1) is 15.1. The van der Waals surface area contributed by atoms with Crippen LogP contribution in [-0.2, 0) is 16.1 Å². The fraction of sp³-hybridized carbons (Fsp3) is 0.261. The first kappa shape index (κ1) is 21.4. The van der Waals surface area contributed by atoms with E-state index in [2.05, 4.69) is 26.7 Å². The molecule has 1 aromatic carbocycles. The van der Waals surface area contributed by atoms with Crippen LogP contribution in [0.1, 0.15) is 18.2 Å². The number of hydrogen-bond acceptors (Lipinski definition) is 6. The molecule has 4 rings (SSSR count). The van der Waals surface area contributed by atoms with Crippen molar-refractivity contribution >= 4 is 51.4 Å². The van der Waals surface area contributed by atoms with Gasteiger partial charge in [-0.2, -0.15) is 11.3 Å². The van der Waals surface area contributed by atoms with Crippen molar-refractivity contribution in [1.82, 2.24) is 14.8 Å². The summed E-state index contributed by atoms with van der Waals surface area (Å²) in [5.41, 5.74) is 2.78. The standard InChI is InChI=1S/C23H24N4O2S2/c1-18(28)27(21-5-3-2-4-6-21)23-24-20(17-31-23)7-8-22(29)26-12-10-25(11-13-26)15-19-9-14-30-16-19/h2-9,14,16-17H,10-13,15H2,1H3. The lowest BCUT2D eigenvalue weighted by Crippen LogP contribution is -2.47. The van der Waals surface area contributed by atoms with Gasteiger partial charge >= 0.3 is 0 Å². The molecule has 0 unspecified atom stereocenters. The molecule has 8 heteroatoms. The molecule has 0 bridgehead atoms. The molecule has 2 aromatic heterocycles. The van der Waals surface area contributed by atoms with Gasteiger partial charge in [-0.1, -0.05) is 18.2 Å². The number of nitrogens with zero attached hydrogens (tertiary/aromatic N) is 4. The van der Waals surface area contributed by atoms with Crippen molar-refractivity contribution in [2.45, 2.75) is 13.5 Å². The van der Waals surface area contributed by atoms with Crippen LogP contribution in [0.25, 0.3) is 6.08 Å². The highest BCUT2D eigenvalue weighted by Gasteiger charge is 2.20. The number of thiazole rings is 1. The third-order valence-electron chi connectivity index (χ3n) is 5.10. The Morgan fingerprint density at radius 3 is 2.55 bits per heavy atom. The predicted molar refractivity (Wildman–Crippen MR) is 127 cm³/mol. The smallest absolute Gasteiger partial charge is 0.246 e. The lowest BCUT2D eigenvalue weighted by atomic mass is 10.2. The molecule has 1 fully saturated rings. The van der Waals surface area contributed by atoms with E-state index in [-0.39, 0.29) is 11.8 Å². The second-order valence-corrected chi connectivity index (χ2v) is 8.93. The molecule has 3 heterocycles. The van der Waals surface area contributed by atoms with E-state index in [0.717, 1.165) is 38.4 Å². The maximum atomic E-state index is 12.6. The van der Waals surface area contributed by atoms with E-state index in [1.165, 1.54) is 23.8 Å². The summed E-state index contributed by atoms with van der Waals surface area (Å²) in [4.78, 5) is 35.1. The summed E-state index contributed by atoms with van der Waals surface area (Å²) in [6.45, 7) is 5.66. The second kappa shape index (κ2) is 10.00. The van der Waals surface area contributed by atoms with Crippen molar-refractivity contribution in [2.24, 2.45) is 0 Å². The highest BCUT2D eigenvalue weighted by molar-refractivity contribution is 7.14. The summed E-state index contributed by atoms with van der Waals surface area (Å²) in [6.07, 6.45) is 3.30. The summed E-state index contributed by atoms with van der Waals surface area (Å²) in [6, 6.07) is 11.6. The Hall–Kier alpha value is -2.81. The Labute approximate surface area is 190 Å². The number of thiophene rings is 1. The predicted octanol–water partition coefficient (Wildman–Crippen LogP) is 4.25. The Kier molecular flexibility index (Phi) is 6.91. The van der Waals surface area contributed by atoms with E-state index in [0.29, 0.717) is 10.8 Å². The molecule has 3 aromatic rings. The fourth-order valence-electron chi connectivity index (χ4n) is 3.49. The SMILES string of the molecule is CC(=O)N(c1ccccc1)c1nc(C=CC(=O)N2CCN(Cc3ccsc3)CC2)cs1. The summed E-state index contributed by atoms with van der Waals surface area (Å²) >= 11 is 3.10. The minimum absolute atomic E-state index is 0.00350. The normalized spacial score (nSPS) is 14.8. The van der Waals surface area contributed by atoms with E-state index < -0.39 is 0 Å². The molecule has 160 valence electrons. The number of anilines is 2. The van der Waals surface area contributed by atoms with Gasteiger partial charge in [0.2, 0.25) is 11.8 Å². The highest BCUT2D eigenvalue weighted by Crippen LogP contribution is 2.29. The topological polar surface area (TPSA) is 56.8 Å². The van der Waals surface area contributed by atoms with Gasteiger partial charge in [0, 0.05) is 51.1 Å². The minimum atomic E-state index is -0.104. The van der Waals surface area contributed by atoms with E-state index in [4.69, 9.17) is 0 Å². The number of piperazine rings is 1. The molecule has 0 atom stereocenters. The number of amides is 2. The number of carbonyl (C=O) groups excluding carboxylic acids is 2. The number of carbonyl (C=O) groups is 2. The summed E-state index contributed by atoms with van der Waals surface area (Å²) < 4.78 is 0. The van der Waals surface area contributed by atoms with Crippen LogP contribution in [-0.4, -0.2) is 52.8 Å². The first-order valence-corrected chi connectivity index (χ1v) is 11.9. The van der Waals surface area contributed by atoms with Gasteiger partial charge in [-0.15, -0.1) is 11.3 Å². The van der Waals surface area contributed by atoms with Gasteiger partial charge in [0.05, 0.1) is 11.4 Å². The molecule has 1 saturated heterocycles. The zero-order valence-corrected chi connectivity index (χ0v) is 18.9. The second-order valence-electron chi connectivity index (χ2n) is 7.31. The van der Waals surface area contributed by atoms with Crippen LogP contribution in [0.5, 0.6) is 0 Å². The number of rotatable bonds is 6. The van der Waals surface area contributed by atoms with Crippen molar-refractivity contribution in [3.8, 4) is 0 Å². The van der Waals surface area contributed by atoms with Crippen LogP contribution >= 0.6 is 22.7 Å². The monoisotopic (exact) mass is 452 g/mol. The molecule has 1 aliphatic heterocycles. The molecular weight excluding hydrogens is 428 g/mol. The molecule has 6 nitrogen and oxygen atoms in total. The van der Waals surface area contributed by atoms with Gasteiger partial charge < -0.3 is 4.90 Å². The molecular formula is C23H24N4O2S2. The maximum Gasteiger partial charge on any atom is 0.246 e. The Morgan fingerprint density at radius 2 is 1.87 bits per heavy atom. The van der Waals surface area contributed by atoms with Crippen molar-refractivity contribution < 1.29 is 9.59 Å². The van der Waals surface area contributed by atoms with Crippen LogP contribution < -0.4 is 4.90 Å². The van der Waals surface area contributed by atoms with E-state index >= 15 is 0 Å². The highest BCUT2D eigenvalue weighted by atomic mass is 32.1. The summed E-state index contributed by atoms with van der Waals surface area (Å²) in [5.74, 6) is -0.108. The maximum absolute atomic E-state index is 12.6. The first-order valence-electron chi connectivity index (χ1n) is 10.1. The van der Waals surface area contributed by atoms with Gasteiger partial charge in [-0.25, -0.2) is 4.98 Å². The van der Waals surface area contributed by atoms with Crippen LogP contribution in [0.15, 0.2) is 58.6 Å². The zero-order chi connectivity index (χ0) is 21.6. The molecule has 0 spiro atoms. The fourth-order valence-corrected chi connectivity index (χ4v) is 5.00. The van der Waals surface area contributed by atoms with Gasteiger partial charge in [-0.3, -0.25) is 19.4 Å². The quantitative estimate of drug-likeness (QED) is 0.525. The number of benzene rings is 1. The Morgan fingerprint density at radius 1 is 1.10 bits per heavy atom. The molecule has 1 aliphatic rings. The third-order valence-corrected chi connectivity index (χ3v) is 6.67. The number of hydrogen-bond donors (Lipinski definition) is 0. The molecule has 0 N–H and O–H groups in total. The van der Waals surface area contributed by atoms with Gasteiger partial charge in [0.25, 0.3) is 0 Å². The largest absolute Gasteiger partial charge is 0.337 e. The molecule has 0 radical (unpaired) electrons. The minimum Gasteiger partial charge on any atom is -0.337 e. The van der Waals surface area contributed by atoms with E-state index in [9.17, 15) is 9.59 Å². The molecule has 0 aliphatic carbocycles. The van der Waals surface area contributed by atoms with Crippen LogP contribution in [0.3, 0.4) is 0 Å².